The lowest BCUT2D eigenvalue weighted by atomic mass is 10.1. The summed E-state index contributed by atoms with van der Waals surface area (Å²) in [7, 11) is 0. The van der Waals surface area contributed by atoms with Crippen LogP contribution in [-0.4, -0.2) is 26.7 Å². The van der Waals surface area contributed by atoms with E-state index in [-0.39, 0.29) is 5.91 Å². The first-order chi connectivity index (χ1) is 11.5. The molecule has 0 aliphatic heterocycles. The van der Waals surface area contributed by atoms with Crippen LogP contribution < -0.4 is 0 Å². The molecule has 0 radical (unpaired) electrons. The minimum atomic E-state index is -0.0661. The van der Waals surface area contributed by atoms with Crippen LogP contribution in [0, 0.1) is 6.92 Å². The van der Waals surface area contributed by atoms with Crippen molar-refractivity contribution in [3.8, 4) is 0 Å². The van der Waals surface area contributed by atoms with Crippen molar-refractivity contribution < 1.29 is 4.79 Å². The third-order valence-corrected chi connectivity index (χ3v) is 5.39. The molecule has 0 unspecified atom stereocenters. The summed E-state index contributed by atoms with van der Waals surface area (Å²) >= 11 is 13.3. The number of fused-ring (bicyclic) bond motifs is 1. The van der Waals surface area contributed by atoms with Gasteiger partial charge in [-0.2, -0.15) is 4.37 Å². The molecule has 0 spiro atoms. The first-order valence-corrected chi connectivity index (χ1v) is 8.97. The van der Waals surface area contributed by atoms with E-state index in [2.05, 4.69) is 9.36 Å². The van der Waals surface area contributed by atoms with Gasteiger partial charge < -0.3 is 4.90 Å². The smallest absolute Gasteiger partial charge is 0.255 e. The summed E-state index contributed by atoms with van der Waals surface area (Å²) in [5.41, 5.74) is 2.39. The third-order valence-electron chi connectivity index (χ3n) is 3.78. The SMILES string of the molecule is CCN(Cc1ccc(Cl)c(Cl)c1)C(=O)c1cnc2snc(C)c2c1. The van der Waals surface area contributed by atoms with E-state index in [9.17, 15) is 4.79 Å². The maximum absolute atomic E-state index is 12.8. The molecule has 2 aromatic heterocycles. The number of amides is 1. The van der Waals surface area contributed by atoms with Gasteiger partial charge in [-0.25, -0.2) is 4.98 Å². The Kier molecular flexibility index (Phi) is 5.04. The average molecular weight is 380 g/mol. The Morgan fingerprint density at radius 1 is 1.25 bits per heavy atom. The fourth-order valence-electron chi connectivity index (χ4n) is 2.43. The zero-order valence-corrected chi connectivity index (χ0v) is 15.5. The molecule has 0 saturated heterocycles. The summed E-state index contributed by atoms with van der Waals surface area (Å²) in [6.07, 6.45) is 1.61. The second kappa shape index (κ2) is 7.05. The summed E-state index contributed by atoms with van der Waals surface area (Å²) in [5, 5.41) is 1.92. The van der Waals surface area contributed by atoms with Crippen LogP contribution >= 0.6 is 34.7 Å². The monoisotopic (exact) mass is 379 g/mol. The highest BCUT2D eigenvalue weighted by Gasteiger charge is 2.17. The van der Waals surface area contributed by atoms with Crippen molar-refractivity contribution in [2.75, 3.05) is 6.54 Å². The Hall–Kier alpha value is -1.69. The highest BCUT2D eigenvalue weighted by Crippen LogP contribution is 2.24. The van der Waals surface area contributed by atoms with Crippen LogP contribution in [0.3, 0.4) is 0 Å². The van der Waals surface area contributed by atoms with E-state index >= 15 is 0 Å². The molecule has 0 bridgehead atoms. The lowest BCUT2D eigenvalue weighted by Gasteiger charge is -2.21. The van der Waals surface area contributed by atoms with Crippen molar-refractivity contribution >= 4 is 50.9 Å². The molecule has 4 nitrogen and oxygen atoms in total. The van der Waals surface area contributed by atoms with Gasteiger partial charge in [0.1, 0.15) is 4.83 Å². The summed E-state index contributed by atoms with van der Waals surface area (Å²) in [4.78, 5) is 19.8. The minimum Gasteiger partial charge on any atom is -0.335 e. The maximum atomic E-state index is 12.8. The summed E-state index contributed by atoms with van der Waals surface area (Å²) < 4.78 is 4.27. The van der Waals surface area contributed by atoms with Crippen molar-refractivity contribution in [3.63, 3.8) is 0 Å². The van der Waals surface area contributed by atoms with E-state index in [0.29, 0.717) is 28.7 Å². The molecule has 1 aromatic carbocycles. The largest absolute Gasteiger partial charge is 0.335 e. The van der Waals surface area contributed by atoms with Crippen molar-refractivity contribution in [3.05, 3.63) is 57.3 Å². The Balaban J connectivity index is 1.86. The van der Waals surface area contributed by atoms with Crippen molar-refractivity contribution in [1.82, 2.24) is 14.3 Å². The van der Waals surface area contributed by atoms with E-state index in [1.54, 1.807) is 23.2 Å². The molecule has 0 aliphatic rings. The Bertz CT molecular complexity index is 910. The number of rotatable bonds is 4. The van der Waals surface area contributed by atoms with Gasteiger partial charge in [0.2, 0.25) is 0 Å². The standard InChI is InChI=1S/C17H15Cl2N3OS/c1-3-22(9-11-4-5-14(18)15(19)6-11)17(23)12-7-13-10(2)21-24-16(13)20-8-12/h4-8H,3,9H2,1-2H3. The molecule has 0 N–H and O–H groups in total. The molecule has 3 rings (SSSR count). The van der Waals surface area contributed by atoms with Crippen LogP contribution in [0.15, 0.2) is 30.5 Å². The summed E-state index contributed by atoms with van der Waals surface area (Å²) in [5.74, 6) is -0.0661. The first-order valence-electron chi connectivity index (χ1n) is 7.44. The molecular weight excluding hydrogens is 365 g/mol. The number of pyridine rings is 1. The van der Waals surface area contributed by atoms with Gasteiger partial charge in [-0.15, -0.1) is 0 Å². The number of carbonyl (C=O) groups excluding carboxylic acids is 1. The Labute approximate surface area is 154 Å². The van der Waals surface area contributed by atoms with Gasteiger partial charge in [-0.1, -0.05) is 29.3 Å². The van der Waals surface area contributed by atoms with Crippen LogP contribution in [-0.2, 0) is 6.54 Å². The van der Waals surface area contributed by atoms with E-state index in [1.807, 2.05) is 26.0 Å². The first kappa shape index (κ1) is 17.1. The fourth-order valence-corrected chi connectivity index (χ4v) is 3.48. The predicted octanol–water partition coefficient (Wildman–Crippen LogP) is 4.97. The van der Waals surface area contributed by atoms with Crippen molar-refractivity contribution in [2.45, 2.75) is 20.4 Å². The number of carbonyl (C=O) groups is 1. The maximum Gasteiger partial charge on any atom is 0.255 e. The Morgan fingerprint density at radius 2 is 2.04 bits per heavy atom. The summed E-state index contributed by atoms with van der Waals surface area (Å²) in [6.45, 7) is 4.91. The van der Waals surface area contributed by atoms with Gasteiger partial charge in [-0.05, 0) is 49.1 Å². The average Bonchev–Trinajstić information content (AvgIpc) is 2.96. The molecule has 0 atom stereocenters. The molecule has 24 heavy (non-hydrogen) atoms. The van der Waals surface area contributed by atoms with Crippen LogP contribution in [0.1, 0.15) is 28.5 Å². The molecular formula is C17H15Cl2N3OS. The topological polar surface area (TPSA) is 46.1 Å². The number of halogens is 2. The lowest BCUT2D eigenvalue weighted by Crippen LogP contribution is -2.30. The van der Waals surface area contributed by atoms with Crippen LogP contribution in [0.4, 0.5) is 0 Å². The van der Waals surface area contributed by atoms with E-state index in [0.717, 1.165) is 21.5 Å². The van der Waals surface area contributed by atoms with E-state index < -0.39 is 0 Å². The van der Waals surface area contributed by atoms with Gasteiger partial charge >= 0.3 is 0 Å². The normalized spacial score (nSPS) is 11.0. The molecule has 124 valence electrons. The lowest BCUT2D eigenvalue weighted by molar-refractivity contribution is 0.0752. The Morgan fingerprint density at radius 3 is 2.75 bits per heavy atom. The zero-order chi connectivity index (χ0) is 17.3. The van der Waals surface area contributed by atoms with Crippen molar-refractivity contribution in [1.29, 1.82) is 0 Å². The number of hydrogen-bond donors (Lipinski definition) is 0. The predicted molar refractivity (Wildman–Crippen MR) is 99.0 cm³/mol. The third kappa shape index (κ3) is 3.38. The highest BCUT2D eigenvalue weighted by molar-refractivity contribution is 7.12. The molecule has 7 heteroatoms. The van der Waals surface area contributed by atoms with Crippen LogP contribution in [0.5, 0.6) is 0 Å². The van der Waals surface area contributed by atoms with Gasteiger partial charge in [0.15, 0.2) is 0 Å². The second-order valence-electron chi connectivity index (χ2n) is 5.41. The fraction of sp³-hybridized carbons (Fsp3) is 0.235. The number of nitrogens with zero attached hydrogens (tertiary/aromatic N) is 3. The molecule has 0 saturated carbocycles. The van der Waals surface area contributed by atoms with Gasteiger partial charge in [0.05, 0.1) is 21.3 Å². The van der Waals surface area contributed by atoms with Gasteiger partial charge in [0, 0.05) is 24.7 Å². The van der Waals surface area contributed by atoms with Gasteiger partial charge in [0.25, 0.3) is 5.91 Å². The highest BCUT2D eigenvalue weighted by atomic mass is 35.5. The van der Waals surface area contributed by atoms with Crippen LogP contribution in [0.25, 0.3) is 10.2 Å². The van der Waals surface area contributed by atoms with Gasteiger partial charge in [-0.3, -0.25) is 4.79 Å². The quantitative estimate of drug-likeness (QED) is 0.642. The van der Waals surface area contributed by atoms with E-state index in [1.165, 1.54) is 11.5 Å². The molecule has 3 aromatic rings. The van der Waals surface area contributed by atoms with Crippen LogP contribution in [0.2, 0.25) is 10.0 Å². The zero-order valence-electron chi connectivity index (χ0n) is 13.2. The van der Waals surface area contributed by atoms with E-state index in [4.69, 9.17) is 23.2 Å². The molecule has 1 amide bonds. The number of aryl methyl sites for hydroxylation is 1. The molecule has 2 heterocycles. The number of hydrogen-bond acceptors (Lipinski definition) is 4. The number of aromatic nitrogens is 2. The minimum absolute atomic E-state index is 0.0661. The second-order valence-corrected chi connectivity index (χ2v) is 6.98. The molecule has 0 aliphatic carbocycles. The number of benzene rings is 1. The molecule has 0 fully saturated rings. The van der Waals surface area contributed by atoms with Crippen molar-refractivity contribution in [2.24, 2.45) is 0 Å². The summed E-state index contributed by atoms with van der Waals surface area (Å²) in [6, 6.07) is 7.26.